The van der Waals surface area contributed by atoms with Gasteiger partial charge in [-0.05, 0) is 11.6 Å². The summed E-state index contributed by atoms with van der Waals surface area (Å²) in [4.78, 5) is -0.111. The molecule has 0 spiro atoms. The Morgan fingerprint density at radius 2 is 1.85 bits per heavy atom. The molecule has 13 heavy (non-hydrogen) atoms. The Bertz CT molecular complexity index is 398. The number of hydrogen-bond donors (Lipinski definition) is 1. The fourth-order valence-electron chi connectivity index (χ4n) is 0.884. The molecule has 0 amide bonds. The van der Waals surface area contributed by atoms with Crippen molar-refractivity contribution in [3.8, 4) is 0 Å². The third-order valence-electron chi connectivity index (χ3n) is 1.42. The van der Waals surface area contributed by atoms with Crippen molar-refractivity contribution in [3.63, 3.8) is 0 Å². The Morgan fingerprint density at radius 3 is 2.23 bits per heavy atom. The van der Waals surface area contributed by atoms with Crippen LogP contribution >= 0.6 is 0 Å². The second-order valence-electron chi connectivity index (χ2n) is 2.22. The van der Waals surface area contributed by atoms with Crippen LogP contribution in [0.2, 0.25) is 0 Å². The van der Waals surface area contributed by atoms with Crippen molar-refractivity contribution in [2.45, 2.75) is 4.90 Å². The first-order valence-corrected chi connectivity index (χ1v) is 4.68. The van der Waals surface area contributed by atoms with Crippen LogP contribution in [0.15, 0.2) is 35.7 Å². The molecule has 1 rings (SSSR count). The summed E-state index contributed by atoms with van der Waals surface area (Å²) >= 11 is 0. The normalized spacial score (nSPS) is 10.2. The van der Waals surface area contributed by atoms with E-state index in [0.29, 0.717) is 5.56 Å². The van der Waals surface area contributed by atoms with Crippen molar-refractivity contribution < 1.29 is 13.0 Å². The molecule has 0 aliphatic heterocycles. The quantitative estimate of drug-likeness (QED) is 0.560. The molecule has 0 heterocycles. The van der Waals surface area contributed by atoms with E-state index in [1.807, 2.05) is 0 Å². The molecule has 1 aromatic carbocycles. The van der Waals surface area contributed by atoms with Crippen LogP contribution in [-0.4, -0.2) is 31.8 Å². The van der Waals surface area contributed by atoms with Crippen LogP contribution in [0.3, 0.4) is 0 Å². The minimum absolute atomic E-state index is 0. The Hall–Kier alpha value is -0.533. The maximum atomic E-state index is 10.7. The van der Waals surface area contributed by atoms with Crippen molar-refractivity contribution in [3.05, 3.63) is 36.4 Å². The minimum atomic E-state index is -4.12. The molecule has 1 N–H and O–H groups in total. The van der Waals surface area contributed by atoms with Gasteiger partial charge >= 0.3 is 18.9 Å². The van der Waals surface area contributed by atoms with E-state index in [1.54, 1.807) is 12.1 Å². The van der Waals surface area contributed by atoms with E-state index in [-0.39, 0.29) is 23.8 Å². The van der Waals surface area contributed by atoms with Crippen LogP contribution in [0.5, 0.6) is 0 Å². The molecule has 66 valence electrons. The molecule has 0 atom stereocenters. The Morgan fingerprint density at radius 1 is 1.31 bits per heavy atom. The van der Waals surface area contributed by atoms with Crippen molar-refractivity contribution in [1.82, 2.24) is 0 Å². The molecule has 0 aromatic heterocycles. The van der Waals surface area contributed by atoms with E-state index < -0.39 is 10.1 Å². The van der Waals surface area contributed by atoms with E-state index in [2.05, 4.69) is 6.58 Å². The van der Waals surface area contributed by atoms with Crippen LogP contribution in [0.4, 0.5) is 0 Å². The van der Waals surface area contributed by atoms with E-state index in [4.69, 9.17) is 4.55 Å². The zero-order chi connectivity index (χ0) is 9.19. The summed E-state index contributed by atoms with van der Waals surface area (Å²) in [5.74, 6) is 0. The number of hydrogen-bond acceptors (Lipinski definition) is 2. The fraction of sp³-hybridized carbons (Fsp3) is 0. The van der Waals surface area contributed by atoms with Gasteiger partial charge in [-0.1, -0.05) is 30.9 Å². The van der Waals surface area contributed by atoms with Gasteiger partial charge in [-0.15, -0.1) is 0 Å². The summed E-state index contributed by atoms with van der Waals surface area (Å²) in [6.07, 6.45) is 1.38. The van der Waals surface area contributed by atoms with E-state index in [1.165, 1.54) is 18.2 Å². The SMILES string of the molecule is C=Cc1ccccc1S(=O)(=O)O.[LiH]. The summed E-state index contributed by atoms with van der Waals surface area (Å²) < 4.78 is 30.2. The van der Waals surface area contributed by atoms with Gasteiger partial charge in [-0.3, -0.25) is 4.55 Å². The van der Waals surface area contributed by atoms with Crippen molar-refractivity contribution >= 4 is 35.1 Å². The van der Waals surface area contributed by atoms with E-state index in [0.717, 1.165) is 0 Å². The van der Waals surface area contributed by atoms with E-state index in [9.17, 15) is 8.42 Å². The first-order valence-electron chi connectivity index (χ1n) is 3.24. The van der Waals surface area contributed by atoms with Gasteiger partial charge < -0.3 is 0 Å². The molecule has 0 saturated heterocycles. The number of benzene rings is 1. The first kappa shape index (κ1) is 12.5. The Labute approximate surface area is 89.4 Å². The summed E-state index contributed by atoms with van der Waals surface area (Å²) in [6.45, 7) is 3.43. The molecule has 0 aliphatic rings. The third-order valence-corrected chi connectivity index (χ3v) is 2.34. The summed E-state index contributed by atoms with van der Waals surface area (Å²) in [5.41, 5.74) is 0.403. The van der Waals surface area contributed by atoms with Gasteiger partial charge in [0.25, 0.3) is 10.1 Å². The second kappa shape index (κ2) is 4.63. The number of rotatable bonds is 2. The van der Waals surface area contributed by atoms with Crippen LogP contribution in [0.25, 0.3) is 6.08 Å². The predicted molar refractivity (Wildman–Crippen MR) is 53.5 cm³/mol. The van der Waals surface area contributed by atoms with Gasteiger partial charge in [-0.25, -0.2) is 0 Å². The molecular formula is C8H9LiO3S. The van der Waals surface area contributed by atoms with Crippen LogP contribution in [0, 0.1) is 0 Å². The molecule has 0 radical (unpaired) electrons. The molecule has 0 fully saturated rings. The molecular weight excluding hydrogens is 183 g/mol. The average Bonchev–Trinajstić information content (AvgIpc) is 2.03. The van der Waals surface area contributed by atoms with Crippen LogP contribution in [-0.2, 0) is 10.1 Å². The van der Waals surface area contributed by atoms with Gasteiger partial charge in [0, 0.05) is 0 Å². The average molecular weight is 192 g/mol. The van der Waals surface area contributed by atoms with Gasteiger partial charge in [0.1, 0.15) is 4.90 Å². The zero-order valence-electron chi connectivity index (χ0n) is 6.27. The van der Waals surface area contributed by atoms with Crippen molar-refractivity contribution in [2.24, 2.45) is 0 Å². The Kier molecular flexibility index (Phi) is 4.44. The molecule has 0 aliphatic carbocycles. The summed E-state index contributed by atoms with van der Waals surface area (Å²) in [7, 11) is -4.12. The molecule has 5 heteroatoms. The van der Waals surface area contributed by atoms with Crippen LogP contribution in [0.1, 0.15) is 5.56 Å². The van der Waals surface area contributed by atoms with E-state index >= 15 is 0 Å². The Balaban J connectivity index is 0.00000144. The second-order valence-corrected chi connectivity index (χ2v) is 3.61. The predicted octanol–water partition coefficient (Wildman–Crippen LogP) is 0.928. The van der Waals surface area contributed by atoms with Gasteiger partial charge in [0.15, 0.2) is 0 Å². The summed E-state index contributed by atoms with van der Waals surface area (Å²) in [6, 6.07) is 6.10. The van der Waals surface area contributed by atoms with Gasteiger partial charge in [-0.2, -0.15) is 8.42 Å². The van der Waals surface area contributed by atoms with Crippen molar-refractivity contribution in [1.29, 1.82) is 0 Å². The zero-order valence-corrected chi connectivity index (χ0v) is 7.08. The molecule has 0 saturated carbocycles. The van der Waals surface area contributed by atoms with Crippen molar-refractivity contribution in [2.75, 3.05) is 0 Å². The summed E-state index contributed by atoms with van der Waals surface area (Å²) in [5, 5.41) is 0. The van der Waals surface area contributed by atoms with Gasteiger partial charge in [0.2, 0.25) is 0 Å². The standard InChI is InChI=1S/C8H8O3S.Li.H/c1-2-7-5-3-4-6-8(7)12(9,10)11;;/h2-6H,1H2,(H,9,10,11);;. The molecule has 3 nitrogen and oxygen atoms in total. The van der Waals surface area contributed by atoms with Gasteiger partial charge in [0.05, 0.1) is 0 Å². The molecule has 0 bridgehead atoms. The third kappa shape index (κ3) is 3.01. The molecule has 0 unspecified atom stereocenters. The first-order chi connectivity index (χ1) is 5.55. The maximum absolute atomic E-state index is 10.7. The topological polar surface area (TPSA) is 54.4 Å². The van der Waals surface area contributed by atoms with Crippen LogP contribution < -0.4 is 0 Å². The molecule has 1 aromatic rings. The fourth-order valence-corrected chi connectivity index (χ4v) is 1.58. The monoisotopic (exact) mass is 192 g/mol.